The summed E-state index contributed by atoms with van der Waals surface area (Å²) in [6.07, 6.45) is 5.20. The van der Waals surface area contributed by atoms with Gasteiger partial charge in [-0.05, 0) is 37.3 Å². The van der Waals surface area contributed by atoms with Crippen LogP contribution in [-0.4, -0.2) is 28.6 Å². The monoisotopic (exact) mass is 425 g/mol. The molecule has 0 bridgehead atoms. The molecule has 0 radical (unpaired) electrons. The summed E-state index contributed by atoms with van der Waals surface area (Å²) in [5, 5.41) is 12.6. The van der Waals surface area contributed by atoms with Crippen molar-refractivity contribution in [1.82, 2.24) is 15.5 Å². The van der Waals surface area contributed by atoms with Crippen LogP contribution in [0.25, 0.3) is 11.3 Å². The molecule has 0 amide bonds. The fourth-order valence-corrected chi connectivity index (χ4v) is 4.07. The van der Waals surface area contributed by atoms with E-state index in [0.717, 1.165) is 61.2 Å². The second-order valence-electron chi connectivity index (χ2n) is 9.28. The number of carbonyl (C=O) groups excluding carboxylic acids is 1. The average molecular weight is 426 g/mol. The number of ketones is 1. The van der Waals surface area contributed by atoms with Crippen LogP contribution in [0.15, 0.2) is 24.3 Å². The molecular formula is C26H39N3O2. The molecule has 0 saturated carbocycles. The van der Waals surface area contributed by atoms with E-state index in [1.54, 1.807) is 0 Å². The number of Topliss-reactive ketones (excluding diaryl/α,β-unsaturated/α-hetero) is 1. The molecule has 1 unspecified atom stereocenters. The predicted octanol–water partition coefficient (Wildman–Crippen LogP) is 5.60. The molecule has 31 heavy (non-hydrogen) atoms. The number of carbonyl (C=O) groups is 1. The Morgan fingerprint density at radius 1 is 1.13 bits per heavy atom. The Morgan fingerprint density at radius 2 is 1.87 bits per heavy atom. The minimum atomic E-state index is -0.0956. The number of ether oxygens (including phenoxy) is 1. The summed E-state index contributed by atoms with van der Waals surface area (Å²) in [6.45, 7) is 11.2. The van der Waals surface area contributed by atoms with Gasteiger partial charge in [0.15, 0.2) is 5.78 Å². The van der Waals surface area contributed by atoms with E-state index in [9.17, 15) is 4.79 Å². The number of nitrogens with one attached hydrogen (secondary N) is 1. The molecule has 1 atom stereocenters. The Labute approximate surface area is 188 Å². The van der Waals surface area contributed by atoms with Gasteiger partial charge in [-0.3, -0.25) is 4.79 Å². The van der Waals surface area contributed by atoms with E-state index in [4.69, 9.17) is 4.74 Å². The highest BCUT2D eigenvalue weighted by molar-refractivity contribution is 5.81. The molecule has 0 fully saturated rings. The van der Waals surface area contributed by atoms with Gasteiger partial charge in [-0.2, -0.15) is 5.10 Å². The van der Waals surface area contributed by atoms with Crippen molar-refractivity contribution in [2.75, 3.05) is 6.61 Å². The second-order valence-corrected chi connectivity index (χ2v) is 9.28. The van der Waals surface area contributed by atoms with Crippen molar-refractivity contribution in [1.29, 1.82) is 0 Å². The Balaban J connectivity index is 0.00000363. The van der Waals surface area contributed by atoms with E-state index in [0.29, 0.717) is 6.04 Å². The summed E-state index contributed by atoms with van der Waals surface area (Å²) in [4.78, 5) is 12.2. The first-order valence-corrected chi connectivity index (χ1v) is 11.7. The smallest absolute Gasteiger partial charge is 0.161 e. The zero-order chi connectivity index (χ0) is 22.4. The number of aryl methyl sites for hydroxylation is 1. The summed E-state index contributed by atoms with van der Waals surface area (Å²) >= 11 is 0. The van der Waals surface area contributed by atoms with Crippen LogP contribution in [0.3, 0.4) is 0 Å². The van der Waals surface area contributed by atoms with Gasteiger partial charge in [-0.15, -0.1) is 5.10 Å². The van der Waals surface area contributed by atoms with Crippen LogP contribution in [0, 0.1) is 12.8 Å². The predicted molar refractivity (Wildman–Crippen MR) is 127 cm³/mol. The van der Waals surface area contributed by atoms with Crippen molar-refractivity contribution < 1.29 is 11.0 Å². The minimum absolute atomic E-state index is 0. The van der Waals surface area contributed by atoms with E-state index < -0.39 is 0 Å². The van der Waals surface area contributed by atoms with Gasteiger partial charge in [0.05, 0.1) is 17.5 Å². The third kappa shape index (κ3) is 6.20. The highest BCUT2D eigenvalue weighted by Gasteiger charge is 2.26. The first-order chi connectivity index (χ1) is 14.9. The van der Waals surface area contributed by atoms with Crippen molar-refractivity contribution in [3.8, 4) is 11.3 Å². The molecular weight excluding hydrogens is 386 g/mol. The van der Waals surface area contributed by atoms with E-state index in [1.807, 2.05) is 20.8 Å². The largest absolute Gasteiger partial charge is 0.366 e. The lowest BCUT2D eigenvalue weighted by Crippen LogP contribution is -2.21. The fraction of sp³-hybridized carbons (Fsp3) is 0.577. The minimum Gasteiger partial charge on any atom is -0.366 e. The quantitative estimate of drug-likeness (QED) is 0.597. The summed E-state index contributed by atoms with van der Waals surface area (Å²) in [5.41, 5.74) is 6.60. The van der Waals surface area contributed by atoms with Crippen molar-refractivity contribution in [3.63, 3.8) is 0 Å². The molecule has 0 aliphatic heterocycles. The van der Waals surface area contributed by atoms with Gasteiger partial charge in [0.25, 0.3) is 0 Å². The molecule has 1 heterocycles. The van der Waals surface area contributed by atoms with E-state index >= 15 is 0 Å². The van der Waals surface area contributed by atoms with E-state index in [1.165, 1.54) is 11.1 Å². The number of nitrogens with zero attached hydrogens (tertiary/aromatic N) is 2. The standard InChI is InChI=1S/C26H37N3O2.H2/c1-17(2)23(30)16-31-24-10-8-6-7-9-22-25(24)19(5)28-29-26(22)21-13-11-20(12-14-21)15-27-18(3)4;/h11-14,17-18,24,27H,6-10,15-16H2,1-5H3;1H. The Kier molecular flexibility index (Phi) is 8.33. The number of hydrogen-bond acceptors (Lipinski definition) is 5. The SMILES string of the molecule is Cc1nnc(-c2ccc(CNC(C)C)cc2)c2c1C(OCC(=O)C(C)C)CCCCC2.[HH]. The normalized spacial score (nSPS) is 16.8. The van der Waals surface area contributed by atoms with Gasteiger partial charge in [0.2, 0.25) is 0 Å². The topological polar surface area (TPSA) is 64.1 Å². The number of rotatable bonds is 8. The van der Waals surface area contributed by atoms with Gasteiger partial charge < -0.3 is 10.1 Å². The number of benzene rings is 1. The lowest BCUT2D eigenvalue weighted by Gasteiger charge is -2.26. The number of fused-ring (bicyclic) bond motifs is 1. The van der Waals surface area contributed by atoms with Crippen molar-refractivity contribution in [2.45, 2.75) is 85.4 Å². The average Bonchev–Trinajstić information content (AvgIpc) is 2.72. The summed E-state index contributed by atoms with van der Waals surface area (Å²) in [6, 6.07) is 9.08. The zero-order valence-electron chi connectivity index (χ0n) is 19.7. The van der Waals surface area contributed by atoms with Crippen LogP contribution in [0.2, 0.25) is 0 Å². The lowest BCUT2D eigenvalue weighted by atomic mass is 9.88. The molecule has 1 aliphatic carbocycles. The molecule has 1 aromatic carbocycles. The molecule has 2 aromatic rings. The van der Waals surface area contributed by atoms with Crippen molar-refractivity contribution in [2.24, 2.45) is 5.92 Å². The maximum absolute atomic E-state index is 12.2. The molecule has 0 saturated heterocycles. The van der Waals surface area contributed by atoms with Crippen LogP contribution in [0.1, 0.15) is 83.3 Å². The molecule has 170 valence electrons. The van der Waals surface area contributed by atoms with Gasteiger partial charge in [0, 0.05) is 31.1 Å². The molecule has 5 nitrogen and oxygen atoms in total. The zero-order valence-corrected chi connectivity index (χ0v) is 19.7. The van der Waals surface area contributed by atoms with Crippen LogP contribution in [0.5, 0.6) is 0 Å². The van der Waals surface area contributed by atoms with Gasteiger partial charge >= 0.3 is 0 Å². The van der Waals surface area contributed by atoms with Crippen LogP contribution >= 0.6 is 0 Å². The molecule has 1 aromatic heterocycles. The summed E-state index contributed by atoms with van der Waals surface area (Å²) < 4.78 is 6.19. The molecule has 1 N–H and O–H groups in total. The highest BCUT2D eigenvalue weighted by Crippen LogP contribution is 2.36. The van der Waals surface area contributed by atoms with E-state index in [-0.39, 0.29) is 25.8 Å². The Bertz CT molecular complexity index is 881. The molecule has 1 aliphatic rings. The van der Waals surface area contributed by atoms with Gasteiger partial charge in [-0.1, -0.05) is 64.8 Å². The fourth-order valence-electron chi connectivity index (χ4n) is 4.07. The van der Waals surface area contributed by atoms with Gasteiger partial charge in [-0.25, -0.2) is 0 Å². The Morgan fingerprint density at radius 3 is 2.55 bits per heavy atom. The van der Waals surface area contributed by atoms with Crippen LogP contribution in [0.4, 0.5) is 0 Å². The second kappa shape index (κ2) is 11.0. The highest BCUT2D eigenvalue weighted by atomic mass is 16.5. The maximum atomic E-state index is 12.2. The van der Waals surface area contributed by atoms with Crippen molar-refractivity contribution >= 4 is 5.78 Å². The number of aromatic nitrogens is 2. The van der Waals surface area contributed by atoms with Crippen LogP contribution in [-0.2, 0) is 22.5 Å². The maximum Gasteiger partial charge on any atom is 0.161 e. The summed E-state index contributed by atoms with van der Waals surface area (Å²) in [5.74, 6) is 0.137. The molecule has 0 spiro atoms. The van der Waals surface area contributed by atoms with Crippen LogP contribution < -0.4 is 5.32 Å². The third-order valence-electron chi connectivity index (χ3n) is 6.03. The Hall–Kier alpha value is -2.11. The van der Waals surface area contributed by atoms with Gasteiger partial charge in [0.1, 0.15) is 6.61 Å². The molecule has 5 heteroatoms. The first-order valence-electron chi connectivity index (χ1n) is 11.7. The van der Waals surface area contributed by atoms with E-state index in [2.05, 4.69) is 53.6 Å². The molecule has 3 rings (SSSR count). The van der Waals surface area contributed by atoms with Crippen molar-refractivity contribution in [3.05, 3.63) is 46.6 Å². The third-order valence-corrected chi connectivity index (χ3v) is 6.03. The first kappa shape index (κ1) is 23.6. The number of hydrogen-bond donors (Lipinski definition) is 1. The summed E-state index contributed by atoms with van der Waals surface area (Å²) in [7, 11) is 0. The lowest BCUT2D eigenvalue weighted by molar-refractivity contribution is -0.128.